The van der Waals surface area contributed by atoms with Gasteiger partial charge >= 0.3 is 0 Å². The van der Waals surface area contributed by atoms with Gasteiger partial charge in [0.05, 0.1) is 5.69 Å². The van der Waals surface area contributed by atoms with Crippen molar-refractivity contribution in [1.29, 1.82) is 0 Å². The minimum absolute atomic E-state index is 1.06. The third-order valence-electron chi connectivity index (χ3n) is 1.52. The molecule has 0 radical (unpaired) electrons. The normalized spacial score (nSPS) is 10.0. The molecule has 1 heterocycles. The first-order chi connectivity index (χ1) is 4.97. The molecular formula is C9H7N. The van der Waals surface area contributed by atoms with Crippen LogP contribution in [0, 0.1) is 0 Å². The van der Waals surface area contributed by atoms with Gasteiger partial charge in [-0.1, -0.05) is 24.3 Å². The summed E-state index contributed by atoms with van der Waals surface area (Å²) in [4.78, 5) is 4.16. The Bertz CT molecular complexity index is 276. The molecule has 48 valence electrons. The van der Waals surface area contributed by atoms with Gasteiger partial charge in [0, 0.05) is 11.8 Å². The zero-order valence-corrected chi connectivity index (χ0v) is 5.49. The van der Waals surface area contributed by atoms with Crippen LogP contribution in [0.1, 0.15) is 0 Å². The van der Waals surface area contributed by atoms with Gasteiger partial charge in [-0.2, -0.15) is 0 Å². The zero-order valence-electron chi connectivity index (χ0n) is 5.49. The number of hydrogen-bond donors (Lipinski definition) is 0. The Labute approximate surface area is 59.7 Å². The van der Waals surface area contributed by atoms with Gasteiger partial charge in [-0.15, -0.1) is 0 Å². The number of rotatable bonds is 0. The predicted octanol–water partition coefficient (Wildman–Crippen LogP) is 2.19. The standard InChI is InChI=1S/C9H7N/c1-2-4-8-6-7-10-9(8)5-3-1/h1-7H. The molecule has 1 nitrogen and oxygen atoms in total. The number of fused-ring (bicyclic) bond motifs is 1. The van der Waals surface area contributed by atoms with Gasteiger partial charge < -0.3 is 0 Å². The molecule has 0 N–H and O–H groups in total. The van der Waals surface area contributed by atoms with E-state index < -0.39 is 0 Å². The first kappa shape index (κ1) is 5.42. The summed E-state index contributed by atoms with van der Waals surface area (Å²) < 4.78 is 0. The summed E-state index contributed by atoms with van der Waals surface area (Å²) in [7, 11) is 0. The second-order valence-corrected chi connectivity index (χ2v) is 2.20. The van der Waals surface area contributed by atoms with E-state index in [2.05, 4.69) is 11.1 Å². The average molecular weight is 129 g/mol. The topological polar surface area (TPSA) is 12.9 Å². The Kier molecular flexibility index (Phi) is 1.14. The number of nitrogens with zero attached hydrogens (tertiary/aromatic N) is 1. The summed E-state index contributed by atoms with van der Waals surface area (Å²) >= 11 is 0. The van der Waals surface area contributed by atoms with E-state index >= 15 is 0 Å². The Morgan fingerprint density at radius 2 is 1.80 bits per heavy atom. The second kappa shape index (κ2) is 2.10. The smallest absolute Gasteiger partial charge is 0.0702 e. The van der Waals surface area contributed by atoms with Crippen LogP contribution in [-0.2, 0) is 0 Å². The van der Waals surface area contributed by atoms with Crippen LogP contribution in [0.5, 0.6) is 0 Å². The molecule has 0 unspecified atom stereocenters. The van der Waals surface area contributed by atoms with Crippen LogP contribution in [0.3, 0.4) is 0 Å². The van der Waals surface area contributed by atoms with Crippen LogP contribution in [0.15, 0.2) is 42.6 Å². The van der Waals surface area contributed by atoms with Crippen molar-refractivity contribution < 1.29 is 0 Å². The highest BCUT2D eigenvalue weighted by Crippen LogP contribution is 2.16. The fraction of sp³-hybridized carbons (Fsp3) is 0. The molecule has 10 heavy (non-hydrogen) atoms. The summed E-state index contributed by atoms with van der Waals surface area (Å²) in [6, 6.07) is 12.1. The van der Waals surface area contributed by atoms with Gasteiger partial charge in [-0.3, -0.25) is 4.98 Å². The van der Waals surface area contributed by atoms with Gasteiger partial charge in [-0.25, -0.2) is 0 Å². The molecule has 0 amide bonds. The summed E-state index contributed by atoms with van der Waals surface area (Å²) in [6.07, 6.45) is 1.82. The third-order valence-corrected chi connectivity index (χ3v) is 1.52. The molecule has 0 saturated heterocycles. The van der Waals surface area contributed by atoms with Gasteiger partial charge in [0.15, 0.2) is 0 Å². The van der Waals surface area contributed by atoms with E-state index in [9.17, 15) is 0 Å². The molecular weight excluding hydrogens is 122 g/mol. The molecule has 1 aliphatic carbocycles. The van der Waals surface area contributed by atoms with Gasteiger partial charge in [-0.05, 0) is 12.1 Å². The van der Waals surface area contributed by atoms with E-state index in [-0.39, 0.29) is 0 Å². The quantitative estimate of drug-likeness (QED) is 0.531. The van der Waals surface area contributed by atoms with E-state index in [4.69, 9.17) is 0 Å². The summed E-state index contributed by atoms with van der Waals surface area (Å²) in [6.45, 7) is 0. The molecule has 0 aromatic carbocycles. The van der Waals surface area contributed by atoms with Crippen molar-refractivity contribution in [3.05, 3.63) is 42.6 Å². The first-order valence-electron chi connectivity index (χ1n) is 3.26. The fourth-order valence-electron chi connectivity index (χ4n) is 1.01. The highest BCUT2D eigenvalue weighted by molar-refractivity contribution is 5.59. The van der Waals surface area contributed by atoms with Crippen molar-refractivity contribution >= 4 is 0 Å². The maximum absolute atomic E-state index is 4.16. The average Bonchev–Trinajstić information content (AvgIpc) is 2.28. The van der Waals surface area contributed by atoms with Crippen molar-refractivity contribution in [2.75, 3.05) is 0 Å². The molecule has 1 heteroatoms. The zero-order chi connectivity index (χ0) is 6.81. The van der Waals surface area contributed by atoms with Crippen LogP contribution in [0.4, 0.5) is 0 Å². The second-order valence-electron chi connectivity index (χ2n) is 2.20. The van der Waals surface area contributed by atoms with E-state index in [0.717, 1.165) is 5.69 Å². The number of aromatic nitrogens is 1. The number of hydrogen-bond acceptors (Lipinski definition) is 1. The van der Waals surface area contributed by atoms with E-state index in [1.54, 1.807) is 0 Å². The first-order valence-corrected chi connectivity index (χ1v) is 3.26. The molecule has 0 saturated carbocycles. The largest absolute Gasteiger partial charge is 0.256 e. The lowest BCUT2D eigenvalue weighted by Gasteiger charge is -1.83. The van der Waals surface area contributed by atoms with Crippen LogP contribution < -0.4 is 0 Å². The molecule has 0 spiro atoms. The Hall–Kier alpha value is -1.37. The van der Waals surface area contributed by atoms with Gasteiger partial charge in [0.25, 0.3) is 0 Å². The lowest BCUT2D eigenvalue weighted by Crippen LogP contribution is -1.65. The Morgan fingerprint density at radius 1 is 0.900 bits per heavy atom. The SMILES string of the molecule is c1ccc2ccnc-2cc1. The molecule has 0 bridgehead atoms. The Balaban J connectivity index is 2.74. The summed E-state index contributed by atoms with van der Waals surface area (Å²) in [5.74, 6) is 0. The summed E-state index contributed by atoms with van der Waals surface area (Å²) in [5, 5.41) is 0. The molecule has 0 fully saturated rings. The predicted molar refractivity (Wildman–Crippen MR) is 40.9 cm³/mol. The lowest BCUT2D eigenvalue weighted by molar-refractivity contribution is 1.42. The maximum Gasteiger partial charge on any atom is 0.0702 e. The molecule has 0 atom stereocenters. The van der Waals surface area contributed by atoms with Crippen LogP contribution in [0.2, 0.25) is 0 Å². The van der Waals surface area contributed by atoms with Gasteiger partial charge in [0.2, 0.25) is 0 Å². The van der Waals surface area contributed by atoms with Crippen molar-refractivity contribution in [1.82, 2.24) is 4.98 Å². The van der Waals surface area contributed by atoms with Crippen LogP contribution in [-0.4, -0.2) is 4.98 Å². The molecule has 0 aromatic heterocycles. The third kappa shape index (κ3) is 0.760. The van der Waals surface area contributed by atoms with Gasteiger partial charge in [0.1, 0.15) is 0 Å². The van der Waals surface area contributed by atoms with Crippen molar-refractivity contribution in [2.45, 2.75) is 0 Å². The lowest BCUT2D eigenvalue weighted by atomic mass is 10.2. The van der Waals surface area contributed by atoms with Crippen molar-refractivity contribution in [2.24, 2.45) is 0 Å². The molecule has 1 aliphatic heterocycles. The maximum atomic E-state index is 4.16. The van der Waals surface area contributed by atoms with E-state index in [0.29, 0.717) is 0 Å². The minimum Gasteiger partial charge on any atom is -0.256 e. The fourth-order valence-corrected chi connectivity index (χ4v) is 1.01. The highest BCUT2D eigenvalue weighted by Gasteiger charge is 1.96. The van der Waals surface area contributed by atoms with Crippen molar-refractivity contribution in [3.63, 3.8) is 0 Å². The molecule has 2 aliphatic rings. The molecule has 0 aromatic rings. The molecule has 2 rings (SSSR count). The summed E-state index contributed by atoms with van der Waals surface area (Å²) in [5.41, 5.74) is 2.26. The Morgan fingerprint density at radius 3 is 2.80 bits per heavy atom. The van der Waals surface area contributed by atoms with Crippen LogP contribution in [0.25, 0.3) is 11.3 Å². The van der Waals surface area contributed by atoms with Crippen LogP contribution >= 0.6 is 0 Å². The highest BCUT2D eigenvalue weighted by atomic mass is 14.7. The van der Waals surface area contributed by atoms with E-state index in [1.807, 2.05) is 36.5 Å². The minimum atomic E-state index is 1.06. The van der Waals surface area contributed by atoms with Crippen molar-refractivity contribution in [3.8, 4) is 11.3 Å². The monoisotopic (exact) mass is 129 g/mol. The van der Waals surface area contributed by atoms with E-state index in [1.165, 1.54) is 5.56 Å².